The van der Waals surface area contributed by atoms with Crippen LogP contribution in [0.2, 0.25) is 0 Å². The lowest BCUT2D eigenvalue weighted by Gasteiger charge is -2.21. The van der Waals surface area contributed by atoms with Gasteiger partial charge in [-0.25, -0.2) is 4.79 Å². The zero-order chi connectivity index (χ0) is 16.8. The molecule has 1 aliphatic heterocycles. The molecule has 128 valence electrons. The second kappa shape index (κ2) is 5.91. The van der Waals surface area contributed by atoms with Crippen molar-refractivity contribution in [3.05, 3.63) is 66.3 Å². The highest BCUT2D eigenvalue weighted by atomic mass is 16.5. The number of allylic oxidation sites excluding steroid dienone is 4. The Morgan fingerprint density at radius 2 is 1.60 bits per heavy atom. The van der Waals surface area contributed by atoms with Crippen LogP contribution in [0.1, 0.15) is 16.8 Å². The summed E-state index contributed by atoms with van der Waals surface area (Å²) < 4.78 is 5.41. The smallest absolute Gasteiger partial charge is 0.338 e. The highest BCUT2D eigenvalue weighted by Crippen LogP contribution is 2.51. The number of hydrogen-bond acceptors (Lipinski definition) is 3. The molecule has 3 aliphatic carbocycles. The van der Waals surface area contributed by atoms with E-state index in [0.29, 0.717) is 12.2 Å². The summed E-state index contributed by atoms with van der Waals surface area (Å²) in [7, 11) is 0. The number of benzene rings is 1. The van der Waals surface area contributed by atoms with Crippen molar-refractivity contribution in [2.75, 3.05) is 24.6 Å². The Morgan fingerprint density at radius 1 is 0.960 bits per heavy atom. The molecule has 2 bridgehead atoms. The first-order valence-corrected chi connectivity index (χ1v) is 9.33. The van der Waals surface area contributed by atoms with Crippen LogP contribution in [-0.4, -0.2) is 25.7 Å². The molecule has 4 atom stereocenters. The van der Waals surface area contributed by atoms with Gasteiger partial charge in [-0.2, -0.15) is 0 Å². The van der Waals surface area contributed by atoms with Gasteiger partial charge in [0.15, 0.2) is 0 Å². The van der Waals surface area contributed by atoms with Gasteiger partial charge in [0, 0.05) is 24.7 Å². The Kier molecular flexibility index (Phi) is 3.54. The molecule has 4 aliphatic rings. The number of carbonyl (C=O) groups is 1. The number of anilines is 1. The van der Waals surface area contributed by atoms with Crippen LogP contribution in [0.25, 0.3) is 0 Å². The lowest BCUT2D eigenvalue weighted by Crippen LogP contribution is -2.22. The number of esters is 1. The predicted octanol–water partition coefficient (Wildman–Crippen LogP) is 3.84. The molecule has 1 aromatic carbocycles. The minimum absolute atomic E-state index is 0.219. The molecule has 1 saturated heterocycles. The van der Waals surface area contributed by atoms with Crippen molar-refractivity contribution < 1.29 is 9.53 Å². The number of rotatable bonds is 4. The molecule has 0 aromatic heterocycles. The Bertz CT molecular complexity index is 729. The summed E-state index contributed by atoms with van der Waals surface area (Å²) in [5, 5.41) is 0. The average molecular weight is 333 g/mol. The van der Waals surface area contributed by atoms with Crippen molar-refractivity contribution in [2.45, 2.75) is 6.42 Å². The Hall–Kier alpha value is -2.29. The highest BCUT2D eigenvalue weighted by molar-refractivity contribution is 5.89. The van der Waals surface area contributed by atoms with Gasteiger partial charge in [-0.05, 0) is 54.4 Å². The fourth-order valence-corrected chi connectivity index (χ4v) is 5.02. The number of carbonyl (C=O) groups excluding carboxylic acids is 1. The summed E-state index contributed by atoms with van der Waals surface area (Å²) in [6.07, 6.45) is 14.3. The van der Waals surface area contributed by atoms with Gasteiger partial charge in [-0.15, -0.1) is 0 Å². The van der Waals surface area contributed by atoms with E-state index in [1.165, 1.54) is 12.1 Å². The van der Waals surface area contributed by atoms with Gasteiger partial charge in [-0.3, -0.25) is 0 Å². The maximum Gasteiger partial charge on any atom is 0.338 e. The minimum Gasteiger partial charge on any atom is -0.461 e. The largest absolute Gasteiger partial charge is 0.461 e. The van der Waals surface area contributed by atoms with Crippen LogP contribution < -0.4 is 4.90 Å². The molecule has 2 fully saturated rings. The quantitative estimate of drug-likeness (QED) is 0.619. The molecule has 25 heavy (non-hydrogen) atoms. The molecule has 5 rings (SSSR count). The van der Waals surface area contributed by atoms with Crippen LogP contribution in [0.3, 0.4) is 0 Å². The van der Waals surface area contributed by atoms with Crippen molar-refractivity contribution >= 4 is 11.7 Å². The van der Waals surface area contributed by atoms with Gasteiger partial charge >= 0.3 is 5.97 Å². The van der Waals surface area contributed by atoms with E-state index in [-0.39, 0.29) is 11.9 Å². The summed E-state index contributed by atoms with van der Waals surface area (Å²) in [6.45, 7) is 2.72. The summed E-state index contributed by atoms with van der Waals surface area (Å²) in [5.41, 5.74) is 1.86. The fourth-order valence-electron chi connectivity index (χ4n) is 5.02. The third-order valence-electron chi connectivity index (χ3n) is 6.36. The summed E-state index contributed by atoms with van der Waals surface area (Å²) in [4.78, 5) is 14.7. The van der Waals surface area contributed by atoms with E-state index < -0.39 is 0 Å². The van der Waals surface area contributed by atoms with Gasteiger partial charge in [0.05, 0.1) is 5.56 Å². The van der Waals surface area contributed by atoms with Crippen LogP contribution in [0, 0.1) is 29.6 Å². The van der Waals surface area contributed by atoms with Gasteiger partial charge < -0.3 is 9.64 Å². The molecular weight excluding hydrogens is 310 g/mol. The molecule has 0 radical (unpaired) electrons. The molecule has 2 unspecified atom stereocenters. The number of hydrogen-bond donors (Lipinski definition) is 0. The predicted molar refractivity (Wildman–Crippen MR) is 98.4 cm³/mol. The van der Waals surface area contributed by atoms with Crippen LogP contribution in [0.15, 0.2) is 60.7 Å². The summed E-state index contributed by atoms with van der Waals surface area (Å²) in [5.74, 6) is 3.23. The van der Waals surface area contributed by atoms with Crippen molar-refractivity contribution in [1.29, 1.82) is 0 Å². The van der Waals surface area contributed by atoms with Crippen molar-refractivity contribution in [1.82, 2.24) is 0 Å². The molecule has 0 amide bonds. The van der Waals surface area contributed by atoms with Crippen molar-refractivity contribution in [3.63, 3.8) is 0 Å². The molecule has 1 heterocycles. The van der Waals surface area contributed by atoms with Gasteiger partial charge in [0.1, 0.15) is 6.61 Å². The lowest BCUT2D eigenvalue weighted by atomic mass is 9.86. The zero-order valence-electron chi connectivity index (χ0n) is 14.3. The summed E-state index contributed by atoms with van der Waals surface area (Å²) in [6, 6.07) is 7.95. The Labute approximate surface area is 148 Å². The molecule has 3 nitrogen and oxygen atoms in total. The van der Waals surface area contributed by atoms with Crippen LogP contribution in [0.4, 0.5) is 5.69 Å². The summed E-state index contributed by atoms with van der Waals surface area (Å²) >= 11 is 0. The van der Waals surface area contributed by atoms with Crippen LogP contribution >= 0.6 is 0 Å². The van der Waals surface area contributed by atoms with Crippen LogP contribution in [-0.2, 0) is 4.74 Å². The van der Waals surface area contributed by atoms with E-state index in [9.17, 15) is 4.79 Å². The zero-order valence-corrected chi connectivity index (χ0v) is 14.3. The average Bonchev–Trinajstić information content (AvgIpc) is 3.42. The van der Waals surface area contributed by atoms with Gasteiger partial charge in [0.2, 0.25) is 0 Å². The highest BCUT2D eigenvalue weighted by Gasteiger charge is 2.49. The number of ether oxygens (including phenoxy) is 1. The molecule has 3 heteroatoms. The molecule has 1 aromatic rings. The third-order valence-corrected chi connectivity index (χ3v) is 6.36. The minimum atomic E-state index is -0.235. The Balaban J connectivity index is 1.21. The van der Waals surface area contributed by atoms with Gasteiger partial charge in [-0.1, -0.05) is 36.5 Å². The maximum atomic E-state index is 12.2. The van der Waals surface area contributed by atoms with Crippen molar-refractivity contribution in [2.24, 2.45) is 29.6 Å². The van der Waals surface area contributed by atoms with E-state index in [4.69, 9.17) is 4.74 Å². The van der Waals surface area contributed by atoms with Gasteiger partial charge in [0.25, 0.3) is 0 Å². The van der Waals surface area contributed by atoms with E-state index in [0.717, 1.165) is 36.8 Å². The SMILES string of the molecule is O=C(OCC1C=CC=C1)c1ccc(N2CC3C(C2)[C@H]2C=C[C@@H]3C2)cc1. The standard InChI is InChI=1S/C22H23NO2/c24-22(25-14-15-3-1-2-4-15)16-7-9-19(10-8-16)23-12-20-17-5-6-18(11-17)21(20)13-23/h1-10,15,17-18,20-21H,11-14H2/t17-,18+,20?,21?. The van der Waals surface area contributed by atoms with E-state index in [1.807, 2.05) is 36.4 Å². The van der Waals surface area contributed by atoms with E-state index in [1.54, 1.807) is 0 Å². The van der Waals surface area contributed by atoms with Crippen molar-refractivity contribution in [3.8, 4) is 0 Å². The maximum absolute atomic E-state index is 12.2. The normalized spacial score (nSPS) is 31.9. The number of fused-ring (bicyclic) bond motifs is 5. The second-order valence-electron chi connectivity index (χ2n) is 7.76. The monoisotopic (exact) mass is 333 g/mol. The number of nitrogens with zero attached hydrogens (tertiary/aromatic N) is 1. The second-order valence-corrected chi connectivity index (χ2v) is 7.76. The Morgan fingerprint density at radius 3 is 2.24 bits per heavy atom. The molecular formula is C22H23NO2. The lowest BCUT2D eigenvalue weighted by molar-refractivity contribution is 0.0484. The van der Waals surface area contributed by atoms with E-state index in [2.05, 4.69) is 29.2 Å². The molecule has 1 saturated carbocycles. The fraction of sp³-hybridized carbons (Fsp3) is 0.409. The first kappa shape index (κ1) is 15.0. The molecule has 0 spiro atoms. The third kappa shape index (κ3) is 2.62. The van der Waals surface area contributed by atoms with E-state index >= 15 is 0 Å². The first-order chi connectivity index (χ1) is 12.3. The first-order valence-electron chi connectivity index (χ1n) is 9.33. The molecule has 0 N–H and O–H groups in total. The van der Waals surface area contributed by atoms with Crippen LogP contribution in [0.5, 0.6) is 0 Å². The topological polar surface area (TPSA) is 29.5 Å².